The maximum atomic E-state index is 9.47. The van der Waals surface area contributed by atoms with E-state index in [-0.39, 0.29) is 0 Å². The molecular formula is C19H24O2. The molecule has 0 bridgehead atoms. The van der Waals surface area contributed by atoms with Crippen molar-refractivity contribution in [1.82, 2.24) is 0 Å². The van der Waals surface area contributed by atoms with E-state index in [0.29, 0.717) is 17.6 Å². The molecule has 2 aromatic rings. The fourth-order valence-electron chi connectivity index (χ4n) is 3.08. The molecule has 112 valence electrons. The second-order valence-corrected chi connectivity index (χ2v) is 5.39. The Morgan fingerprint density at radius 3 is 1.62 bits per heavy atom. The fraction of sp³-hybridized carbons (Fsp3) is 0.368. The van der Waals surface area contributed by atoms with Crippen molar-refractivity contribution in [2.45, 2.75) is 38.5 Å². The van der Waals surface area contributed by atoms with Crippen LogP contribution in [0.25, 0.3) is 0 Å². The Bertz CT molecular complexity index is 543. The van der Waals surface area contributed by atoms with Crippen molar-refractivity contribution in [3.8, 4) is 11.5 Å². The van der Waals surface area contributed by atoms with E-state index in [1.807, 2.05) is 24.3 Å². The standard InChI is InChI=1S/C19H24O2/c1-4-18(14-6-10-16(20)11-7-14)19(5-2)15-8-12-17(21-3)13-9-15/h6-13,18-20H,4-5H2,1-3H3/t18-,19-/m1/s1. The van der Waals surface area contributed by atoms with Crippen LogP contribution >= 0.6 is 0 Å². The number of methoxy groups -OCH3 is 1. The molecule has 2 aromatic carbocycles. The predicted octanol–water partition coefficient (Wildman–Crippen LogP) is 5.09. The first kappa shape index (κ1) is 15.4. The molecule has 0 saturated heterocycles. The van der Waals surface area contributed by atoms with E-state index in [0.717, 1.165) is 18.6 Å². The number of rotatable bonds is 6. The van der Waals surface area contributed by atoms with E-state index in [4.69, 9.17) is 4.74 Å². The molecule has 2 heteroatoms. The Hall–Kier alpha value is -1.96. The van der Waals surface area contributed by atoms with Crippen LogP contribution in [0, 0.1) is 0 Å². The Kier molecular flexibility index (Phi) is 5.26. The van der Waals surface area contributed by atoms with Gasteiger partial charge in [-0.15, -0.1) is 0 Å². The lowest BCUT2D eigenvalue weighted by atomic mass is 9.78. The number of hydrogen-bond donors (Lipinski definition) is 1. The van der Waals surface area contributed by atoms with E-state index in [1.54, 1.807) is 19.2 Å². The monoisotopic (exact) mass is 284 g/mol. The molecule has 0 aliphatic heterocycles. The first-order chi connectivity index (χ1) is 10.2. The van der Waals surface area contributed by atoms with Gasteiger partial charge in [-0.05, 0) is 60.1 Å². The summed E-state index contributed by atoms with van der Waals surface area (Å²) in [5.74, 6) is 2.16. The molecule has 0 unspecified atom stereocenters. The van der Waals surface area contributed by atoms with Gasteiger partial charge in [0.25, 0.3) is 0 Å². The third kappa shape index (κ3) is 3.57. The maximum Gasteiger partial charge on any atom is 0.118 e. The lowest BCUT2D eigenvalue weighted by Crippen LogP contribution is -2.10. The normalized spacial score (nSPS) is 13.7. The highest BCUT2D eigenvalue weighted by molar-refractivity contribution is 5.34. The minimum atomic E-state index is 0.325. The van der Waals surface area contributed by atoms with Crippen LogP contribution < -0.4 is 4.74 Å². The van der Waals surface area contributed by atoms with Gasteiger partial charge >= 0.3 is 0 Å². The molecule has 2 nitrogen and oxygen atoms in total. The van der Waals surface area contributed by atoms with Crippen molar-refractivity contribution in [2.24, 2.45) is 0 Å². The number of aromatic hydroxyl groups is 1. The van der Waals surface area contributed by atoms with E-state index in [9.17, 15) is 5.11 Å². The summed E-state index contributed by atoms with van der Waals surface area (Å²) in [6, 6.07) is 16.0. The van der Waals surface area contributed by atoms with Gasteiger partial charge in [0.1, 0.15) is 11.5 Å². The summed E-state index contributed by atoms with van der Waals surface area (Å²) in [5.41, 5.74) is 2.64. The Morgan fingerprint density at radius 2 is 1.24 bits per heavy atom. The molecule has 21 heavy (non-hydrogen) atoms. The van der Waals surface area contributed by atoms with Crippen molar-refractivity contribution in [2.75, 3.05) is 7.11 Å². The molecule has 0 amide bonds. The molecule has 0 saturated carbocycles. The smallest absolute Gasteiger partial charge is 0.118 e. The molecule has 0 radical (unpaired) electrons. The zero-order valence-electron chi connectivity index (χ0n) is 13.0. The minimum absolute atomic E-state index is 0.325. The number of benzene rings is 2. The Morgan fingerprint density at radius 1 is 0.810 bits per heavy atom. The number of phenols is 1. The van der Waals surface area contributed by atoms with Crippen molar-refractivity contribution in [3.63, 3.8) is 0 Å². The molecule has 1 N–H and O–H groups in total. The van der Waals surface area contributed by atoms with Crippen molar-refractivity contribution in [1.29, 1.82) is 0 Å². The maximum absolute atomic E-state index is 9.47. The number of phenolic OH excluding ortho intramolecular Hbond substituents is 1. The third-order valence-electron chi connectivity index (χ3n) is 4.23. The fourth-order valence-corrected chi connectivity index (χ4v) is 3.08. The summed E-state index contributed by atoms with van der Waals surface area (Å²) in [6.07, 6.45) is 2.17. The molecular weight excluding hydrogens is 260 g/mol. The largest absolute Gasteiger partial charge is 0.508 e. The van der Waals surface area contributed by atoms with Gasteiger partial charge in [0.2, 0.25) is 0 Å². The van der Waals surface area contributed by atoms with E-state index in [2.05, 4.69) is 26.0 Å². The zero-order chi connectivity index (χ0) is 15.2. The first-order valence-electron chi connectivity index (χ1n) is 7.62. The summed E-state index contributed by atoms with van der Waals surface area (Å²) >= 11 is 0. The molecule has 0 heterocycles. The average Bonchev–Trinajstić information content (AvgIpc) is 2.54. The van der Waals surface area contributed by atoms with Crippen LogP contribution in [-0.2, 0) is 0 Å². The van der Waals surface area contributed by atoms with Gasteiger partial charge in [-0.3, -0.25) is 0 Å². The lowest BCUT2D eigenvalue weighted by molar-refractivity contribution is 0.414. The molecule has 2 atom stereocenters. The zero-order valence-corrected chi connectivity index (χ0v) is 13.0. The molecule has 0 aromatic heterocycles. The van der Waals surface area contributed by atoms with Gasteiger partial charge in [-0.2, -0.15) is 0 Å². The number of hydrogen-bond acceptors (Lipinski definition) is 2. The van der Waals surface area contributed by atoms with E-state index < -0.39 is 0 Å². The van der Waals surface area contributed by atoms with Gasteiger partial charge in [0.05, 0.1) is 7.11 Å². The third-order valence-corrected chi connectivity index (χ3v) is 4.23. The summed E-state index contributed by atoms with van der Waals surface area (Å²) in [6.45, 7) is 4.46. The van der Waals surface area contributed by atoms with Crippen molar-refractivity contribution >= 4 is 0 Å². The van der Waals surface area contributed by atoms with Crippen LogP contribution in [0.4, 0.5) is 0 Å². The van der Waals surface area contributed by atoms with Gasteiger partial charge in [0.15, 0.2) is 0 Å². The van der Waals surface area contributed by atoms with Gasteiger partial charge in [-0.25, -0.2) is 0 Å². The van der Waals surface area contributed by atoms with E-state index in [1.165, 1.54) is 11.1 Å². The lowest BCUT2D eigenvalue weighted by Gasteiger charge is -2.26. The molecule has 0 aliphatic rings. The summed E-state index contributed by atoms with van der Waals surface area (Å²) in [5, 5.41) is 9.47. The van der Waals surface area contributed by atoms with Crippen molar-refractivity contribution in [3.05, 3.63) is 59.7 Å². The van der Waals surface area contributed by atoms with Gasteiger partial charge in [0, 0.05) is 0 Å². The Labute approximate surface area is 127 Å². The highest BCUT2D eigenvalue weighted by atomic mass is 16.5. The van der Waals surface area contributed by atoms with Crippen LogP contribution in [0.5, 0.6) is 11.5 Å². The van der Waals surface area contributed by atoms with Crippen LogP contribution in [0.1, 0.15) is 49.7 Å². The van der Waals surface area contributed by atoms with Gasteiger partial charge in [-0.1, -0.05) is 38.1 Å². The molecule has 0 spiro atoms. The molecule has 2 rings (SSSR count). The summed E-state index contributed by atoms with van der Waals surface area (Å²) in [4.78, 5) is 0. The van der Waals surface area contributed by atoms with Gasteiger partial charge < -0.3 is 9.84 Å². The molecule has 0 fully saturated rings. The average molecular weight is 284 g/mol. The summed E-state index contributed by atoms with van der Waals surface area (Å²) < 4.78 is 5.24. The number of ether oxygens (including phenoxy) is 1. The topological polar surface area (TPSA) is 29.5 Å². The predicted molar refractivity (Wildman–Crippen MR) is 87.2 cm³/mol. The second-order valence-electron chi connectivity index (χ2n) is 5.39. The van der Waals surface area contributed by atoms with Crippen LogP contribution in [0.15, 0.2) is 48.5 Å². The highest BCUT2D eigenvalue weighted by Crippen LogP contribution is 2.38. The van der Waals surface area contributed by atoms with Crippen LogP contribution in [0.3, 0.4) is 0 Å². The second kappa shape index (κ2) is 7.16. The molecule has 0 aliphatic carbocycles. The summed E-state index contributed by atoms with van der Waals surface area (Å²) in [7, 11) is 1.69. The Balaban J connectivity index is 2.29. The van der Waals surface area contributed by atoms with Crippen molar-refractivity contribution < 1.29 is 9.84 Å². The highest BCUT2D eigenvalue weighted by Gasteiger charge is 2.22. The van der Waals surface area contributed by atoms with Crippen LogP contribution in [0.2, 0.25) is 0 Å². The SMILES string of the molecule is CC[C@H](c1ccc(O)cc1)[C@H](CC)c1ccc(OC)cc1. The quantitative estimate of drug-likeness (QED) is 0.800. The first-order valence-corrected chi connectivity index (χ1v) is 7.62. The van der Waals surface area contributed by atoms with E-state index >= 15 is 0 Å². The minimum Gasteiger partial charge on any atom is -0.508 e. The van der Waals surface area contributed by atoms with Crippen LogP contribution in [-0.4, -0.2) is 12.2 Å².